The highest BCUT2D eigenvalue weighted by molar-refractivity contribution is 6.30. The van der Waals surface area contributed by atoms with Crippen molar-refractivity contribution in [1.82, 2.24) is 0 Å². The summed E-state index contributed by atoms with van der Waals surface area (Å²) in [4.78, 5) is 4.63. The minimum absolute atomic E-state index is 0.491. The van der Waals surface area contributed by atoms with E-state index in [1.807, 2.05) is 30.3 Å². The molecular weight excluding hydrogens is 664 g/mol. The van der Waals surface area contributed by atoms with E-state index in [9.17, 15) is 0 Å². The van der Waals surface area contributed by atoms with Crippen LogP contribution in [0.3, 0.4) is 0 Å². The van der Waals surface area contributed by atoms with Crippen molar-refractivity contribution in [3.8, 4) is 11.1 Å². The van der Waals surface area contributed by atoms with Gasteiger partial charge >= 0.3 is 0 Å². The van der Waals surface area contributed by atoms with Crippen LogP contribution in [0.15, 0.2) is 206 Å². The van der Waals surface area contributed by atoms with Gasteiger partial charge in [0, 0.05) is 39.1 Å². The minimum atomic E-state index is -0.491. The zero-order valence-corrected chi connectivity index (χ0v) is 30.2. The topological polar surface area (TPSA) is 6.48 Å². The number of benzene rings is 7. The molecule has 0 amide bonds. The molecule has 0 bridgehead atoms. The van der Waals surface area contributed by atoms with Gasteiger partial charge < -0.3 is 9.80 Å². The van der Waals surface area contributed by atoms with Crippen LogP contribution >= 0.6 is 11.6 Å². The van der Waals surface area contributed by atoms with Crippen molar-refractivity contribution < 1.29 is 0 Å². The molecule has 1 spiro atoms. The van der Waals surface area contributed by atoms with Gasteiger partial charge in [0.15, 0.2) is 0 Å². The van der Waals surface area contributed by atoms with Gasteiger partial charge in [-0.25, -0.2) is 0 Å². The van der Waals surface area contributed by atoms with Gasteiger partial charge in [0.25, 0.3) is 0 Å². The Morgan fingerprint density at radius 3 is 1.57 bits per heavy atom. The summed E-state index contributed by atoms with van der Waals surface area (Å²) in [7, 11) is 0. The number of allylic oxidation sites excluding steroid dienone is 5. The van der Waals surface area contributed by atoms with Crippen LogP contribution in [0.5, 0.6) is 0 Å². The molecule has 0 aromatic heterocycles. The van der Waals surface area contributed by atoms with Crippen molar-refractivity contribution in [3.05, 3.63) is 234 Å². The monoisotopic (exact) mass is 700 g/mol. The molecule has 53 heavy (non-hydrogen) atoms. The molecule has 3 heteroatoms. The molecule has 2 nitrogen and oxygen atoms in total. The van der Waals surface area contributed by atoms with Crippen LogP contribution in [0.2, 0.25) is 5.02 Å². The van der Waals surface area contributed by atoms with Gasteiger partial charge in [-0.1, -0.05) is 140 Å². The highest BCUT2D eigenvalue weighted by Gasteiger charge is 2.53. The molecule has 7 aromatic rings. The number of nitrogens with zero attached hydrogens (tertiary/aromatic N) is 2. The van der Waals surface area contributed by atoms with Crippen LogP contribution in [0.1, 0.15) is 29.2 Å². The Kier molecular flexibility index (Phi) is 8.18. The quantitative estimate of drug-likeness (QED) is 0.163. The van der Waals surface area contributed by atoms with E-state index in [4.69, 9.17) is 11.6 Å². The van der Waals surface area contributed by atoms with Gasteiger partial charge in [0.1, 0.15) is 0 Å². The van der Waals surface area contributed by atoms with Gasteiger partial charge in [0.2, 0.25) is 0 Å². The second-order valence-corrected chi connectivity index (χ2v) is 13.9. The SMILES string of the molecule is C=CC=C1/C(=C\C)c2ccccc2C12c1ccccc1-c1ccc(N(c3ccccc3)c3cccc(N(c4ccccc4)c4cccc(Cl)c4)c3)cc12. The van der Waals surface area contributed by atoms with Gasteiger partial charge in [-0.15, -0.1) is 0 Å². The molecule has 0 aliphatic heterocycles. The Morgan fingerprint density at radius 1 is 0.472 bits per heavy atom. The van der Waals surface area contributed by atoms with Crippen LogP contribution < -0.4 is 9.80 Å². The van der Waals surface area contributed by atoms with Crippen molar-refractivity contribution in [1.29, 1.82) is 0 Å². The van der Waals surface area contributed by atoms with E-state index in [-0.39, 0.29) is 0 Å². The van der Waals surface area contributed by atoms with Crippen LogP contribution in [0.25, 0.3) is 16.7 Å². The third kappa shape index (κ3) is 5.17. The molecule has 0 radical (unpaired) electrons. The van der Waals surface area contributed by atoms with E-state index >= 15 is 0 Å². The van der Waals surface area contributed by atoms with Crippen molar-refractivity contribution in [3.63, 3.8) is 0 Å². The fraction of sp³-hybridized carbons (Fsp3) is 0.0400. The maximum Gasteiger partial charge on any atom is 0.0726 e. The average molecular weight is 701 g/mol. The first kappa shape index (κ1) is 32.6. The van der Waals surface area contributed by atoms with Crippen molar-refractivity contribution >= 4 is 51.3 Å². The lowest BCUT2D eigenvalue weighted by molar-refractivity contribution is 0.794. The van der Waals surface area contributed by atoms with E-state index in [0.717, 1.165) is 34.1 Å². The Hall–Kier alpha value is -6.35. The van der Waals surface area contributed by atoms with E-state index in [2.05, 4.69) is 187 Å². The largest absolute Gasteiger partial charge is 0.310 e. The molecule has 0 saturated heterocycles. The van der Waals surface area contributed by atoms with Crippen LogP contribution in [-0.4, -0.2) is 0 Å². The Bertz CT molecular complexity index is 2570. The van der Waals surface area contributed by atoms with Crippen LogP contribution in [0.4, 0.5) is 34.1 Å². The fourth-order valence-corrected chi connectivity index (χ4v) is 8.79. The molecule has 0 saturated carbocycles. The average Bonchev–Trinajstić information content (AvgIpc) is 3.65. The molecule has 1 atom stereocenters. The summed E-state index contributed by atoms with van der Waals surface area (Å²) in [5.74, 6) is 0. The maximum absolute atomic E-state index is 6.57. The predicted octanol–water partition coefficient (Wildman–Crippen LogP) is 14.1. The van der Waals surface area contributed by atoms with E-state index in [1.54, 1.807) is 0 Å². The highest BCUT2D eigenvalue weighted by Crippen LogP contribution is 2.64. The second-order valence-electron chi connectivity index (χ2n) is 13.4. The molecule has 254 valence electrons. The van der Waals surface area contributed by atoms with Crippen molar-refractivity contribution in [2.45, 2.75) is 12.3 Å². The standard InChI is InChI=1S/C50H37ClN2/c1-3-17-46-42(4-2)43-26-11-13-28-47(43)50(46)48-29-14-12-27-44(48)45-31-30-41(34-49(45)50)53(37-21-9-6-10-22-37)40-25-16-24-39(33-40)52(36-19-7-5-8-20-36)38-23-15-18-35(51)32-38/h3-34H,1H2,2H3/b42-4-,46-17?. The van der Waals surface area contributed by atoms with Gasteiger partial charge in [0.05, 0.1) is 5.41 Å². The Labute approximate surface area is 316 Å². The number of para-hydroxylation sites is 2. The lowest BCUT2D eigenvalue weighted by atomic mass is 9.70. The number of rotatable bonds is 7. The lowest BCUT2D eigenvalue weighted by Gasteiger charge is -2.33. The first-order valence-corrected chi connectivity index (χ1v) is 18.4. The molecule has 0 heterocycles. The number of hydrogen-bond acceptors (Lipinski definition) is 2. The first-order chi connectivity index (χ1) is 26.1. The molecule has 0 fully saturated rings. The third-order valence-corrected chi connectivity index (χ3v) is 10.9. The number of anilines is 6. The summed E-state index contributed by atoms with van der Waals surface area (Å²) in [6.45, 7) is 6.34. The smallest absolute Gasteiger partial charge is 0.0726 e. The van der Waals surface area contributed by atoms with Crippen LogP contribution in [-0.2, 0) is 5.41 Å². The van der Waals surface area contributed by atoms with E-state index in [0.29, 0.717) is 5.02 Å². The summed E-state index contributed by atoms with van der Waals surface area (Å²) in [6, 6.07) is 62.7. The lowest BCUT2D eigenvalue weighted by Crippen LogP contribution is -2.26. The summed E-state index contributed by atoms with van der Waals surface area (Å²) in [6.07, 6.45) is 6.42. The number of hydrogen-bond donors (Lipinski definition) is 0. The molecule has 0 N–H and O–H groups in total. The van der Waals surface area contributed by atoms with Crippen molar-refractivity contribution in [2.75, 3.05) is 9.80 Å². The van der Waals surface area contributed by atoms with Gasteiger partial charge in [-0.3, -0.25) is 0 Å². The number of halogens is 1. The Morgan fingerprint density at radius 2 is 0.962 bits per heavy atom. The summed E-state index contributed by atoms with van der Waals surface area (Å²) >= 11 is 6.57. The normalized spacial score (nSPS) is 16.7. The van der Waals surface area contributed by atoms with E-state index < -0.39 is 5.41 Å². The van der Waals surface area contributed by atoms with Gasteiger partial charge in [-0.2, -0.15) is 0 Å². The summed E-state index contributed by atoms with van der Waals surface area (Å²) in [5, 5.41) is 0.693. The number of fused-ring (bicyclic) bond motifs is 7. The zero-order valence-electron chi connectivity index (χ0n) is 29.5. The Balaban J connectivity index is 1.28. The molecular formula is C50H37ClN2. The molecule has 2 aliphatic carbocycles. The predicted molar refractivity (Wildman–Crippen MR) is 225 cm³/mol. The molecule has 1 unspecified atom stereocenters. The van der Waals surface area contributed by atoms with Crippen molar-refractivity contribution in [2.24, 2.45) is 0 Å². The van der Waals surface area contributed by atoms with Gasteiger partial charge in [-0.05, 0) is 124 Å². The molecule has 2 aliphatic rings. The van der Waals surface area contributed by atoms with Crippen LogP contribution in [0, 0.1) is 0 Å². The molecule has 9 rings (SSSR count). The fourth-order valence-electron chi connectivity index (χ4n) is 8.60. The second kappa shape index (κ2) is 13.3. The first-order valence-electron chi connectivity index (χ1n) is 18.0. The third-order valence-electron chi connectivity index (χ3n) is 10.6. The maximum atomic E-state index is 6.57. The minimum Gasteiger partial charge on any atom is -0.310 e. The molecule has 7 aromatic carbocycles. The van der Waals surface area contributed by atoms with E-state index in [1.165, 1.54) is 44.5 Å². The summed E-state index contributed by atoms with van der Waals surface area (Å²) < 4.78 is 0. The summed E-state index contributed by atoms with van der Waals surface area (Å²) in [5.41, 5.74) is 16.0. The zero-order chi connectivity index (χ0) is 35.9. The highest BCUT2D eigenvalue weighted by atomic mass is 35.5.